The summed E-state index contributed by atoms with van der Waals surface area (Å²) >= 11 is 12.6. The summed E-state index contributed by atoms with van der Waals surface area (Å²) < 4.78 is 18.8. The van der Waals surface area contributed by atoms with Crippen LogP contribution in [0.5, 0.6) is 0 Å². The number of hydrogen-bond donors (Lipinski definition) is 2. The number of hydrogen-bond acceptors (Lipinski definition) is 6. The molecule has 2 heterocycles. The van der Waals surface area contributed by atoms with Crippen molar-refractivity contribution in [3.8, 4) is 11.3 Å². The Morgan fingerprint density at radius 1 is 1.24 bits per heavy atom. The summed E-state index contributed by atoms with van der Waals surface area (Å²) in [6.45, 7) is 4.61. The Hall–Kier alpha value is -2.20. The third kappa shape index (κ3) is 7.22. The van der Waals surface area contributed by atoms with E-state index in [-0.39, 0.29) is 31.7 Å². The van der Waals surface area contributed by atoms with Crippen molar-refractivity contribution in [1.29, 1.82) is 0 Å². The van der Waals surface area contributed by atoms with E-state index in [1.807, 2.05) is 38.9 Å². The summed E-state index contributed by atoms with van der Waals surface area (Å²) in [5.41, 5.74) is 2.95. The second kappa shape index (κ2) is 13.6. The number of alkyl halides is 1. The van der Waals surface area contributed by atoms with Crippen LogP contribution in [-0.2, 0) is 17.6 Å². The maximum atomic E-state index is 12.8. The lowest BCUT2D eigenvalue weighted by molar-refractivity contribution is 0.0492. The molecule has 3 rings (SSSR count). The van der Waals surface area contributed by atoms with Crippen molar-refractivity contribution >= 4 is 35.1 Å². The van der Waals surface area contributed by atoms with Gasteiger partial charge in [-0.1, -0.05) is 37.0 Å². The molecule has 0 radical (unpaired) electrons. The van der Waals surface area contributed by atoms with Crippen molar-refractivity contribution in [1.82, 2.24) is 19.8 Å². The lowest BCUT2D eigenvalue weighted by Crippen LogP contribution is -2.45. The van der Waals surface area contributed by atoms with E-state index in [0.717, 1.165) is 17.0 Å². The van der Waals surface area contributed by atoms with E-state index in [9.17, 15) is 14.3 Å². The summed E-state index contributed by atoms with van der Waals surface area (Å²) in [4.78, 5) is 25.4. The van der Waals surface area contributed by atoms with Gasteiger partial charge >= 0.3 is 6.09 Å². The fraction of sp³-hybridized carbons (Fsp3) is 0.577. The van der Waals surface area contributed by atoms with E-state index in [4.69, 9.17) is 37.9 Å². The maximum Gasteiger partial charge on any atom is 0.407 e. The summed E-state index contributed by atoms with van der Waals surface area (Å²) in [7, 11) is 3.90. The molecule has 1 aliphatic heterocycles. The number of aryl methyl sites for hydroxylation is 2. The molecule has 8 nitrogen and oxygen atoms in total. The normalized spacial score (nSPS) is 19.6. The molecular formula is C26H36Cl2FN5O3. The highest BCUT2D eigenvalue weighted by molar-refractivity contribution is 6.36. The van der Waals surface area contributed by atoms with Gasteiger partial charge in [0.15, 0.2) is 0 Å². The molecule has 37 heavy (non-hydrogen) atoms. The average molecular weight is 557 g/mol. The first kappa shape index (κ1) is 29.4. The number of likely N-dealkylation sites (tertiary alicyclic amines) is 1. The van der Waals surface area contributed by atoms with Gasteiger partial charge in [0, 0.05) is 17.2 Å². The molecule has 0 bridgehead atoms. The Kier molecular flexibility index (Phi) is 10.8. The molecule has 11 heteroatoms. The number of carboxylic acid groups (broad SMARTS) is 1. The van der Waals surface area contributed by atoms with Gasteiger partial charge in [-0.15, -0.1) is 0 Å². The van der Waals surface area contributed by atoms with Gasteiger partial charge in [0.25, 0.3) is 0 Å². The summed E-state index contributed by atoms with van der Waals surface area (Å²) in [6.07, 6.45) is 0.630. The molecule has 1 aliphatic rings. The number of rotatable bonds is 12. The topological polar surface area (TPSA) is 90.8 Å². The van der Waals surface area contributed by atoms with Gasteiger partial charge in [-0.2, -0.15) is 0 Å². The predicted octanol–water partition coefficient (Wildman–Crippen LogP) is 5.41. The number of ether oxygens (including phenoxy) is 1. The summed E-state index contributed by atoms with van der Waals surface area (Å²) in [6, 6.07) is 4.58. The molecule has 3 atom stereocenters. The Bertz CT molecular complexity index is 1070. The summed E-state index contributed by atoms with van der Waals surface area (Å²) in [5, 5.41) is 14.5. The Morgan fingerprint density at radius 2 is 1.97 bits per heavy atom. The van der Waals surface area contributed by atoms with Gasteiger partial charge in [-0.25, -0.2) is 14.8 Å². The van der Waals surface area contributed by atoms with Crippen LogP contribution in [0.1, 0.15) is 38.1 Å². The zero-order valence-electron chi connectivity index (χ0n) is 21.8. The van der Waals surface area contributed by atoms with E-state index in [1.165, 1.54) is 4.90 Å². The number of amides is 1. The number of nitrogens with zero attached hydrogens (tertiary/aromatic N) is 4. The van der Waals surface area contributed by atoms with Crippen molar-refractivity contribution in [2.24, 2.45) is 0 Å². The molecule has 0 aliphatic carbocycles. The van der Waals surface area contributed by atoms with Crippen LogP contribution in [0.15, 0.2) is 18.2 Å². The first-order valence-corrected chi connectivity index (χ1v) is 13.4. The first-order chi connectivity index (χ1) is 17.7. The van der Waals surface area contributed by atoms with E-state index < -0.39 is 18.9 Å². The second-order valence-electron chi connectivity index (χ2n) is 9.36. The molecule has 1 unspecified atom stereocenters. The molecule has 1 amide bonds. The average Bonchev–Trinajstić information content (AvgIpc) is 3.20. The fourth-order valence-electron chi connectivity index (χ4n) is 4.63. The molecule has 2 aromatic rings. The Morgan fingerprint density at radius 3 is 2.57 bits per heavy atom. The molecule has 1 aromatic heterocycles. The van der Waals surface area contributed by atoms with Crippen LogP contribution in [0, 0.1) is 0 Å². The SMILES string of the molecule is CCc1nc(-c2ccc(Cl)cc2Cl)c(CC)nc1N[C@@H]1C(CCN(C)C)N(C(=O)O)C[C@@H]1OCCCF. The Balaban J connectivity index is 2.01. The van der Waals surface area contributed by atoms with Gasteiger partial charge in [0.2, 0.25) is 0 Å². The van der Waals surface area contributed by atoms with Gasteiger partial charge in [-0.05, 0) is 64.5 Å². The van der Waals surface area contributed by atoms with Crippen molar-refractivity contribution in [2.75, 3.05) is 45.8 Å². The largest absolute Gasteiger partial charge is 0.465 e. The minimum Gasteiger partial charge on any atom is -0.465 e. The monoisotopic (exact) mass is 555 g/mol. The van der Waals surface area contributed by atoms with E-state index in [2.05, 4.69) is 5.32 Å². The Labute approximate surface area is 228 Å². The standard InChI is InChI=1S/C26H36Cl2FN5O3/c1-5-19-23(17-9-8-16(27)14-18(17)28)30-20(6-2)25(31-19)32-24-21(10-12-33(3)4)34(26(35)36)15-22(24)37-13-7-11-29/h8-9,14,21-22,24H,5-7,10-13,15H2,1-4H3,(H,31,32)(H,35,36)/t21?,22-,24+/m0/s1. The fourth-order valence-corrected chi connectivity index (χ4v) is 5.13. The van der Waals surface area contributed by atoms with Crippen molar-refractivity contribution in [3.63, 3.8) is 0 Å². The van der Waals surface area contributed by atoms with Crippen LogP contribution in [0.2, 0.25) is 10.0 Å². The van der Waals surface area contributed by atoms with Gasteiger partial charge in [-0.3, -0.25) is 4.39 Å². The number of anilines is 1. The lowest BCUT2D eigenvalue weighted by Gasteiger charge is -2.29. The van der Waals surface area contributed by atoms with Crippen LogP contribution >= 0.6 is 23.2 Å². The molecule has 204 valence electrons. The molecular weight excluding hydrogens is 520 g/mol. The van der Waals surface area contributed by atoms with E-state index >= 15 is 0 Å². The number of halogens is 3. The minimum absolute atomic E-state index is 0.200. The highest BCUT2D eigenvalue weighted by Crippen LogP contribution is 2.34. The maximum absolute atomic E-state index is 12.8. The van der Waals surface area contributed by atoms with E-state index in [0.29, 0.717) is 47.4 Å². The highest BCUT2D eigenvalue weighted by atomic mass is 35.5. The quantitative estimate of drug-likeness (QED) is 0.338. The van der Waals surface area contributed by atoms with Crippen LogP contribution < -0.4 is 5.32 Å². The van der Waals surface area contributed by atoms with Gasteiger partial charge < -0.3 is 25.0 Å². The van der Waals surface area contributed by atoms with Crippen molar-refractivity contribution in [3.05, 3.63) is 39.6 Å². The van der Waals surface area contributed by atoms with Gasteiger partial charge in [0.1, 0.15) is 5.82 Å². The number of nitrogens with one attached hydrogen (secondary N) is 1. The zero-order chi connectivity index (χ0) is 27.1. The lowest BCUT2D eigenvalue weighted by atomic mass is 10.0. The predicted molar refractivity (Wildman–Crippen MR) is 146 cm³/mol. The number of aromatic nitrogens is 2. The minimum atomic E-state index is -1.00. The molecule has 1 fully saturated rings. The molecule has 2 N–H and O–H groups in total. The molecule has 0 spiro atoms. The van der Waals surface area contributed by atoms with Gasteiger partial charge in [0.05, 0.1) is 53.5 Å². The number of benzene rings is 1. The van der Waals surface area contributed by atoms with Crippen LogP contribution in [-0.4, -0.2) is 89.6 Å². The van der Waals surface area contributed by atoms with Crippen molar-refractivity contribution < 1.29 is 19.0 Å². The zero-order valence-corrected chi connectivity index (χ0v) is 23.3. The first-order valence-electron chi connectivity index (χ1n) is 12.6. The third-order valence-electron chi connectivity index (χ3n) is 6.52. The second-order valence-corrected chi connectivity index (χ2v) is 10.2. The molecule has 1 aromatic carbocycles. The van der Waals surface area contributed by atoms with Crippen molar-refractivity contribution in [2.45, 2.75) is 57.7 Å². The van der Waals surface area contributed by atoms with E-state index in [1.54, 1.807) is 12.1 Å². The molecule has 1 saturated heterocycles. The summed E-state index contributed by atoms with van der Waals surface area (Å²) in [5.74, 6) is 0.597. The number of carbonyl (C=O) groups is 1. The van der Waals surface area contributed by atoms with Crippen LogP contribution in [0.3, 0.4) is 0 Å². The smallest absolute Gasteiger partial charge is 0.407 e. The van der Waals surface area contributed by atoms with Crippen LogP contribution in [0.25, 0.3) is 11.3 Å². The molecule has 0 saturated carbocycles. The third-order valence-corrected chi connectivity index (χ3v) is 7.07. The van der Waals surface area contributed by atoms with Crippen LogP contribution in [0.4, 0.5) is 15.0 Å². The highest BCUT2D eigenvalue weighted by Gasteiger charge is 2.45.